The highest BCUT2D eigenvalue weighted by molar-refractivity contribution is 5.92. The summed E-state index contributed by atoms with van der Waals surface area (Å²) in [6, 6.07) is 5.28. The lowest BCUT2D eigenvalue weighted by Crippen LogP contribution is -2.48. The summed E-state index contributed by atoms with van der Waals surface area (Å²) in [5.74, 6) is -0.211. The van der Waals surface area contributed by atoms with Crippen molar-refractivity contribution in [1.29, 1.82) is 0 Å². The zero-order chi connectivity index (χ0) is 17.0. The smallest absolute Gasteiger partial charge is 0.272 e. The average molecular weight is 332 g/mol. The Labute approximate surface area is 141 Å². The van der Waals surface area contributed by atoms with E-state index in [1.54, 1.807) is 29.3 Å². The first-order chi connectivity index (χ1) is 11.6. The molecule has 130 valence electrons. The monoisotopic (exact) mass is 332 g/mol. The Balaban J connectivity index is 1.46. The summed E-state index contributed by atoms with van der Waals surface area (Å²) >= 11 is 0. The van der Waals surface area contributed by atoms with Gasteiger partial charge in [-0.15, -0.1) is 0 Å². The van der Waals surface area contributed by atoms with Gasteiger partial charge in [0.15, 0.2) is 0 Å². The Hall–Kier alpha value is -1.99. The second-order valence-corrected chi connectivity index (χ2v) is 6.65. The number of carbonyl (C=O) groups is 2. The average Bonchev–Trinajstić information content (AvgIpc) is 3.07. The normalized spacial score (nSPS) is 24.8. The lowest BCUT2D eigenvalue weighted by atomic mass is 9.95. The highest BCUT2D eigenvalue weighted by Crippen LogP contribution is 2.19. The molecule has 1 atom stereocenters. The Morgan fingerprint density at radius 2 is 2.17 bits per heavy atom. The van der Waals surface area contributed by atoms with Gasteiger partial charge in [0.1, 0.15) is 5.69 Å². The molecule has 7 heteroatoms. The summed E-state index contributed by atoms with van der Waals surface area (Å²) in [6.07, 6.45) is 3.54. The lowest BCUT2D eigenvalue weighted by Gasteiger charge is -2.32. The molecule has 0 aromatic carbocycles. The maximum atomic E-state index is 12.3. The van der Waals surface area contributed by atoms with Crippen LogP contribution in [0.1, 0.15) is 29.8 Å². The van der Waals surface area contributed by atoms with Crippen LogP contribution in [0.15, 0.2) is 24.4 Å². The van der Waals surface area contributed by atoms with Gasteiger partial charge < -0.3 is 20.6 Å². The van der Waals surface area contributed by atoms with Crippen LogP contribution in [-0.4, -0.2) is 65.1 Å². The summed E-state index contributed by atoms with van der Waals surface area (Å²) < 4.78 is 0. The van der Waals surface area contributed by atoms with Gasteiger partial charge in [0, 0.05) is 38.3 Å². The second kappa shape index (κ2) is 7.27. The molecule has 2 amide bonds. The predicted molar refractivity (Wildman–Crippen MR) is 88.3 cm³/mol. The highest BCUT2D eigenvalue weighted by atomic mass is 16.3. The number of pyridine rings is 1. The van der Waals surface area contributed by atoms with E-state index in [0.29, 0.717) is 44.6 Å². The maximum Gasteiger partial charge on any atom is 0.272 e. The molecule has 24 heavy (non-hydrogen) atoms. The predicted octanol–water partition coefficient (Wildman–Crippen LogP) is -0.226. The molecule has 0 spiro atoms. The van der Waals surface area contributed by atoms with Gasteiger partial charge in [-0.25, -0.2) is 0 Å². The second-order valence-electron chi connectivity index (χ2n) is 6.65. The van der Waals surface area contributed by atoms with Crippen LogP contribution in [0.2, 0.25) is 0 Å². The van der Waals surface area contributed by atoms with Crippen LogP contribution < -0.4 is 10.6 Å². The molecule has 1 unspecified atom stereocenters. The fraction of sp³-hybridized carbons (Fsp3) is 0.588. The number of nitrogens with one attached hydrogen (secondary N) is 2. The fourth-order valence-corrected chi connectivity index (χ4v) is 3.27. The van der Waals surface area contributed by atoms with E-state index in [4.69, 9.17) is 0 Å². The minimum Gasteiger partial charge on any atom is -0.387 e. The van der Waals surface area contributed by atoms with E-state index < -0.39 is 5.60 Å². The molecule has 2 saturated heterocycles. The molecular weight excluding hydrogens is 308 g/mol. The molecule has 1 aromatic heterocycles. The number of hydrogen-bond acceptors (Lipinski definition) is 5. The van der Waals surface area contributed by atoms with Crippen molar-refractivity contribution >= 4 is 11.8 Å². The topological polar surface area (TPSA) is 94.6 Å². The van der Waals surface area contributed by atoms with Crippen LogP contribution in [-0.2, 0) is 4.79 Å². The third kappa shape index (κ3) is 3.91. The number of β-amino-alcohol motifs (C(OH)–C–C–N with tert-alkyl or cyclic N) is 1. The summed E-state index contributed by atoms with van der Waals surface area (Å²) in [7, 11) is 0. The molecule has 3 rings (SSSR count). The Morgan fingerprint density at radius 1 is 1.38 bits per heavy atom. The molecule has 3 heterocycles. The van der Waals surface area contributed by atoms with Crippen LogP contribution in [0.4, 0.5) is 0 Å². The lowest BCUT2D eigenvalue weighted by molar-refractivity contribution is -0.127. The largest absolute Gasteiger partial charge is 0.387 e. The van der Waals surface area contributed by atoms with Crippen molar-refractivity contribution in [2.75, 3.05) is 32.7 Å². The number of nitrogens with zero attached hydrogens (tertiary/aromatic N) is 2. The van der Waals surface area contributed by atoms with Crippen LogP contribution in [0.5, 0.6) is 0 Å². The molecule has 2 aliphatic rings. The summed E-state index contributed by atoms with van der Waals surface area (Å²) in [5, 5.41) is 16.2. The van der Waals surface area contributed by atoms with Crippen LogP contribution in [0.25, 0.3) is 0 Å². The number of aromatic nitrogens is 1. The van der Waals surface area contributed by atoms with E-state index in [-0.39, 0.29) is 24.3 Å². The fourth-order valence-electron chi connectivity index (χ4n) is 3.27. The first-order valence-corrected chi connectivity index (χ1v) is 8.48. The zero-order valence-electron chi connectivity index (χ0n) is 13.7. The van der Waals surface area contributed by atoms with Crippen molar-refractivity contribution in [3.05, 3.63) is 30.1 Å². The first kappa shape index (κ1) is 16.9. The Bertz CT molecular complexity index is 579. The molecule has 0 radical (unpaired) electrons. The van der Waals surface area contributed by atoms with Gasteiger partial charge in [-0.2, -0.15) is 0 Å². The number of carbonyl (C=O) groups excluding carboxylic acids is 2. The van der Waals surface area contributed by atoms with Crippen LogP contribution in [0.3, 0.4) is 0 Å². The van der Waals surface area contributed by atoms with Crippen molar-refractivity contribution in [2.24, 2.45) is 5.92 Å². The van der Waals surface area contributed by atoms with Crippen molar-refractivity contribution in [2.45, 2.75) is 24.9 Å². The summed E-state index contributed by atoms with van der Waals surface area (Å²) in [6.45, 7) is 2.69. The Morgan fingerprint density at radius 3 is 2.79 bits per heavy atom. The molecule has 3 N–H and O–H groups in total. The van der Waals surface area contributed by atoms with Gasteiger partial charge >= 0.3 is 0 Å². The van der Waals surface area contributed by atoms with E-state index in [0.717, 1.165) is 6.54 Å². The summed E-state index contributed by atoms with van der Waals surface area (Å²) in [4.78, 5) is 30.5. The Kier molecular flexibility index (Phi) is 5.11. The van der Waals surface area contributed by atoms with Crippen molar-refractivity contribution < 1.29 is 14.7 Å². The van der Waals surface area contributed by atoms with Crippen molar-refractivity contribution in [3.63, 3.8) is 0 Å². The van der Waals surface area contributed by atoms with E-state index in [1.807, 2.05) is 0 Å². The van der Waals surface area contributed by atoms with E-state index in [9.17, 15) is 14.7 Å². The number of aliphatic hydroxyl groups is 1. The molecule has 0 saturated carbocycles. The number of piperidine rings is 1. The van der Waals surface area contributed by atoms with E-state index in [1.165, 1.54) is 0 Å². The van der Waals surface area contributed by atoms with Gasteiger partial charge in [0.2, 0.25) is 5.91 Å². The van der Waals surface area contributed by atoms with Gasteiger partial charge in [-0.05, 0) is 37.9 Å². The highest BCUT2D eigenvalue weighted by Gasteiger charge is 2.33. The number of likely N-dealkylation sites (tertiary alicyclic amines) is 1. The van der Waals surface area contributed by atoms with Gasteiger partial charge in [-0.3, -0.25) is 14.6 Å². The van der Waals surface area contributed by atoms with Gasteiger partial charge in [0.05, 0.1) is 5.60 Å². The minimum atomic E-state index is -0.828. The first-order valence-electron chi connectivity index (χ1n) is 8.48. The van der Waals surface area contributed by atoms with Crippen molar-refractivity contribution in [1.82, 2.24) is 20.5 Å². The molecular formula is C17H24N4O3. The molecule has 1 aromatic rings. The quantitative estimate of drug-likeness (QED) is 0.708. The third-order valence-electron chi connectivity index (χ3n) is 4.85. The standard InChI is InChI=1S/C17H24N4O3/c22-15(20-12-17(24)6-8-18-11-17)13-4-9-21(10-5-13)16(23)14-3-1-2-7-19-14/h1-3,7,13,18,24H,4-6,8-12H2,(H,20,22). The van der Waals surface area contributed by atoms with Gasteiger partial charge in [0.25, 0.3) is 5.91 Å². The molecule has 0 aliphatic carbocycles. The molecule has 0 bridgehead atoms. The number of rotatable bonds is 4. The molecule has 2 aliphatic heterocycles. The van der Waals surface area contributed by atoms with Gasteiger partial charge in [-0.1, -0.05) is 6.07 Å². The minimum absolute atomic E-state index is 0.0275. The number of amides is 2. The van der Waals surface area contributed by atoms with E-state index >= 15 is 0 Å². The summed E-state index contributed by atoms with van der Waals surface area (Å²) in [5.41, 5.74) is -0.387. The number of hydrogen-bond donors (Lipinski definition) is 3. The van der Waals surface area contributed by atoms with Crippen molar-refractivity contribution in [3.8, 4) is 0 Å². The SMILES string of the molecule is O=C(NCC1(O)CCNC1)C1CCN(C(=O)c2ccccn2)CC1. The van der Waals surface area contributed by atoms with E-state index in [2.05, 4.69) is 15.6 Å². The van der Waals surface area contributed by atoms with Crippen LogP contribution >= 0.6 is 0 Å². The molecule has 7 nitrogen and oxygen atoms in total. The van der Waals surface area contributed by atoms with Crippen LogP contribution in [0, 0.1) is 5.92 Å². The zero-order valence-corrected chi connectivity index (χ0v) is 13.7. The maximum absolute atomic E-state index is 12.3. The third-order valence-corrected chi connectivity index (χ3v) is 4.85. The molecule has 2 fully saturated rings.